The number of hydrogen-bond donors (Lipinski definition) is 1. The monoisotopic (exact) mass is 251 g/mol. The van der Waals surface area contributed by atoms with Gasteiger partial charge in [-0.2, -0.15) is 0 Å². The van der Waals surface area contributed by atoms with Crippen molar-refractivity contribution in [2.45, 2.75) is 20.3 Å². The van der Waals surface area contributed by atoms with Gasteiger partial charge in [-0.3, -0.25) is 10.1 Å². The zero-order chi connectivity index (χ0) is 13.2. The molecule has 1 saturated heterocycles. The first kappa shape index (κ1) is 12.8. The highest BCUT2D eigenvalue weighted by molar-refractivity contribution is 5.48. The van der Waals surface area contributed by atoms with Crippen LogP contribution in [0.15, 0.2) is 12.3 Å². The Bertz CT molecular complexity index is 456. The lowest BCUT2D eigenvalue weighted by atomic mass is 9.90. The van der Waals surface area contributed by atoms with Crippen LogP contribution in [0, 0.1) is 22.5 Å². The minimum absolute atomic E-state index is 0.0217. The van der Waals surface area contributed by atoms with Crippen LogP contribution in [-0.2, 0) is 4.74 Å². The molecular weight excluding hydrogens is 234 g/mol. The molecule has 0 spiro atoms. The van der Waals surface area contributed by atoms with Gasteiger partial charge in [-0.15, -0.1) is 0 Å². The van der Waals surface area contributed by atoms with Crippen molar-refractivity contribution in [3.63, 3.8) is 0 Å². The number of pyridine rings is 1. The molecule has 2 rings (SSSR count). The van der Waals surface area contributed by atoms with Gasteiger partial charge in [0.25, 0.3) is 5.69 Å². The van der Waals surface area contributed by atoms with E-state index in [-0.39, 0.29) is 11.1 Å². The molecule has 6 nitrogen and oxygen atoms in total. The van der Waals surface area contributed by atoms with Crippen LogP contribution in [-0.4, -0.2) is 29.7 Å². The van der Waals surface area contributed by atoms with Gasteiger partial charge in [-0.25, -0.2) is 4.98 Å². The summed E-state index contributed by atoms with van der Waals surface area (Å²) < 4.78 is 5.38. The Hall–Kier alpha value is -1.69. The van der Waals surface area contributed by atoms with Crippen molar-refractivity contribution in [2.24, 2.45) is 5.41 Å². The molecule has 1 aromatic rings. The molecule has 1 aromatic heterocycles. The predicted octanol–water partition coefficient (Wildman–Crippen LogP) is 2.14. The predicted molar refractivity (Wildman–Crippen MR) is 67.7 cm³/mol. The van der Waals surface area contributed by atoms with Gasteiger partial charge >= 0.3 is 0 Å². The van der Waals surface area contributed by atoms with E-state index < -0.39 is 4.92 Å². The summed E-state index contributed by atoms with van der Waals surface area (Å²) in [5.74, 6) is 0.703. The minimum Gasteiger partial charge on any atom is -0.381 e. The molecule has 2 heterocycles. The second-order valence-electron chi connectivity index (χ2n) is 5.08. The van der Waals surface area contributed by atoms with Crippen molar-refractivity contribution in [1.29, 1.82) is 0 Å². The summed E-state index contributed by atoms with van der Waals surface area (Å²) >= 11 is 0. The number of nitrogens with zero attached hydrogens (tertiary/aromatic N) is 2. The minimum atomic E-state index is -0.435. The second-order valence-corrected chi connectivity index (χ2v) is 5.08. The van der Waals surface area contributed by atoms with Gasteiger partial charge < -0.3 is 10.1 Å². The Labute approximate surface area is 106 Å². The largest absolute Gasteiger partial charge is 0.381 e. The molecule has 1 fully saturated rings. The molecule has 0 amide bonds. The third-order valence-corrected chi connectivity index (χ3v) is 3.26. The van der Waals surface area contributed by atoms with E-state index >= 15 is 0 Å². The Morgan fingerprint density at radius 3 is 3.00 bits per heavy atom. The maximum absolute atomic E-state index is 10.6. The van der Waals surface area contributed by atoms with E-state index in [4.69, 9.17) is 4.74 Å². The van der Waals surface area contributed by atoms with Crippen molar-refractivity contribution in [3.05, 3.63) is 27.9 Å². The number of nitro groups is 1. The summed E-state index contributed by atoms with van der Waals surface area (Å²) in [4.78, 5) is 14.3. The van der Waals surface area contributed by atoms with E-state index in [1.807, 2.05) is 6.92 Å². The molecule has 1 aliphatic rings. The summed E-state index contributed by atoms with van der Waals surface area (Å²) in [7, 11) is 0. The van der Waals surface area contributed by atoms with Crippen LogP contribution in [0.1, 0.15) is 18.9 Å². The molecule has 0 radical (unpaired) electrons. The molecule has 0 unspecified atom stereocenters. The fourth-order valence-electron chi connectivity index (χ4n) is 1.99. The number of rotatable bonds is 4. The van der Waals surface area contributed by atoms with E-state index in [0.717, 1.165) is 31.7 Å². The van der Waals surface area contributed by atoms with E-state index in [0.29, 0.717) is 5.82 Å². The van der Waals surface area contributed by atoms with Crippen LogP contribution in [0.5, 0.6) is 0 Å². The fraction of sp³-hybridized carbons (Fsp3) is 0.583. The highest BCUT2D eigenvalue weighted by atomic mass is 16.6. The number of ether oxygens (including phenoxy) is 1. The summed E-state index contributed by atoms with van der Waals surface area (Å²) in [6.07, 6.45) is 2.30. The normalized spacial score (nSPS) is 23.0. The van der Waals surface area contributed by atoms with Crippen LogP contribution < -0.4 is 5.32 Å². The third-order valence-electron chi connectivity index (χ3n) is 3.26. The quantitative estimate of drug-likeness (QED) is 0.655. The first-order valence-corrected chi connectivity index (χ1v) is 5.93. The Morgan fingerprint density at radius 2 is 2.44 bits per heavy atom. The average molecular weight is 251 g/mol. The lowest BCUT2D eigenvalue weighted by Gasteiger charge is -2.22. The van der Waals surface area contributed by atoms with E-state index in [2.05, 4.69) is 17.2 Å². The van der Waals surface area contributed by atoms with Gasteiger partial charge in [0.05, 0.1) is 11.5 Å². The molecule has 98 valence electrons. The zero-order valence-corrected chi connectivity index (χ0v) is 10.6. The molecule has 1 atom stereocenters. The number of hydrogen-bond acceptors (Lipinski definition) is 5. The highest BCUT2D eigenvalue weighted by Crippen LogP contribution is 2.28. The van der Waals surface area contributed by atoms with Gasteiger partial charge in [0.1, 0.15) is 12.0 Å². The molecular formula is C12H17N3O3. The van der Waals surface area contributed by atoms with Crippen molar-refractivity contribution in [2.75, 3.05) is 25.1 Å². The van der Waals surface area contributed by atoms with Crippen molar-refractivity contribution >= 4 is 11.5 Å². The van der Waals surface area contributed by atoms with Crippen LogP contribution >= 0.6 is 0 Å². The first-order chi connectivity index (χ1) is 8.50. The van der Waals surface area contributed by atoms with Crippen molar-refractivity contribution in [1.82, 2.24) is 4.98 Å². The fourth-order valence-corrected chi connectivity index (χ4v) is 1.99. The average Bonchev–Trinajstić information content (AvgIpc) is 2.75. The van der Waals surface area contributed by atoms with E-state index in [1.165, 1.54) is 12.3 Å². The lowest BCUT2D eigenvalue weighted by Crippen LogP contribution is -2.27. The van der Waals surface area contributed by atoms with Gasteiger partial charge in [0.15, 0.2) is 0 Å². The summed E-state index contributed by atoms with van der Waals surface area (Å²) in [6, 6.07) is 1.53. The van der Waals surface area contributed by atoms with E-state index in [9.17, 15) is 10.1 Å². The van der Waals surface area contributed by atoms with Gasteiger partial charge in [-0.1, -0.05) is 6.92 Å². The summed E-state index contributed by atoms with van der Waals surface area (Å²) in [6.45, 7) is 6.28. The van der Waals surface area contributed by atoms with E-state index in [1.54, 1.807) is 0 Å². The molecule has 0 aliphatic carbocycles. The molecule has 18 heavy (non-hydrogen) atoms. The molecule has 0 saturated carbocycles. The Morgan fingerprint density at radius 1 is 1.67 bits per heavy atom. The van der Waals surface area contributed by atoms with Crippen molar-refractivity contribution in [3.8, 4) is 0 Å². The molecule has 0 bridgehead atoms. The molecule has 1 N–H and O–H groups in total. The van der Waals surface area contributed by atoms with Crippen molar-refractivity contribution < 1.29 is 9.66 Å². The van der Waals surface area contributed by atoms with Crippen LogP contribution in [0.3, 0.4) is 0 Å². The van der Waals surface area contributed by atoms with Crippen LogP contribution in [0.25, 0.3) is 0 Å². The number of nitrogens with one attached hydrogen (secondary N) is 1. The Kier molecular flexibility index (Phi) is 3.47. The standard InChI is InChI=1S/C12H17N3O3/c1-9-5-10(15(16)17)6-13-11(9)14-7-12(2)3-4-18-8-12/h5-6H,3-4,7-8H2,1-2H3,(H,13,14)/t12-/m0/s1. The van der Waals surface area contributed by atoms with Gasteiger partial charge in [0, 0.05) is 24.6 Å². The molecule has 0 aromatic carbocycles. The first-order valence-electron chi connectivity index (χ1n) is 5.93. The van der Waals surface area contributed by atoms with Crippen LogP contribution in [0.4, 0.5) is 11.5 Å². The topological polar surface area (TPSA) is 77.3 Å². The second kappa shape index (κ2) is 4.89. The maximum atomic E-state index is 10.6. The number of aryl methyl sites for hydroxylation is 1. The summed E-state index contributed by atoms with van der Waals surface area (Å²) in [5.41, 5.74) is 0.927. The van der Waals surface area contributed by atoms with Gasteiger partial charge in [0.2, 0.25) is 0 Å². The third kappa shape index (κ3) is 2.76. The number of aromatic nitrogens is 1. The molecule has 6 heteroatoms. The SMILES string of the molecule is Cc1cc([N+](=O)[O-])cnc1NC[C@]1(C)CCOC1. The summed E-state index contributed by atoms with van der Waals surface area (Å²) in [5, 5.41) is 13.9. The van der Waals surface area contributed by atoms with Gasteiger partial charge in [-0.05, 0) is 18.9 Å². The van der Waals surface area contributed by atoms with Crippen LogP contribution in [0.2, 0.25) is 0 Å². The highest BCUT2D eigenvalue weighted by Gasteiger charge is 2.29. The smallest absolute Gasteiger partial charge is 0.287 e. The lowest BCUT2D eigenvalue weighted by molar-refractivity contribution is -0.385. The Balaban J connectivity index is 2.03. The molecule has 1 aliphatic heterocycles. The zero-order valence-electron chi connectivity index (χ0n) is 10.6. The maximum Gasteiger partial charge on any atom is 0.287 e. The number of anilines is 1.